The molecule has 1 heterocycles. The molecular weight excluding hydrogens is 260 g/mol. The van der Waals surface area contributed by atoms with E-state index in [0.29, 0.717) is 10.8 Å². The average Bonchev–Trinajstić information content (AvgIpc) is 2.77. The maximum Gasteiger partial charge on any atom is 0.246 e. The quantitative estimate of drug-likeness (QED) is 0.658. The van der Waals surface area contributed by atoms with Crippen LogP contribution in [0, 0.1) is 6.92 Å². The first-order chi connectivity index (χ1) is 9.15. The number of aryl methyl sites for hydroxylation is 1. The lowest BCUT2D eigenvalue weighted by molar-refractivity contribution is -0.120. The molecule has 2 rings (SSSR count). The minimum Gasteiger partial charge on any atom is -0.375 e. The van der Waals surface area contributed by atoms with Gasteiger partial charge in [-0.2, -0.15) is 5.10 Å². The summed E-state index contributed by atoms with van der Waals surface area (Å²) < 4.78 is 0. The largest absolute Gasteiger partial charge is 0.375 e. The molecule has 2 aromatic rings. The van der Waals surface area contributed by atoms with Crippen LogP contribution in [0.25, 0.3) is 0 Å². The third kappa shape index (κ3) is 3.89. The Morgan fingerprint density at radius 3 is 3.00 bits per heavy atom. The van der Waals surface area contributed by atoms with Crippen molar-refractivity contribution in [1.82, 2.24) is 10.4 Å². The van der Waals surface area contributed by atoms with Crippen molar-refractivity contribution in [3.63, 3.8) is 0 Å². The third-order valence-electron chi connectivity index (χ3n) is 2.49. The maximum absolute atomic E-state index is 11.6. The summed E-state index contributed by atoms with van der Waals surface area (Å²) in [6.07, 6.45) is 1.81. The molecule has 0 aliphatic carbocycles. The molecule has 0 atom stereocenters. The Labute approximate surface area is 115 Å². The molecule has 19 heavy (non-hydrogen) atoms. The second-order valence-electron chi connectivity index (χ2n) is 4.00. The van der Waals surface area contributed by atoms with Crippen LogP contribution in [-0.2, 0) is 11.2 Å². The second-order valence-corrected chi connectivity index (χ2v) is 4.89. The molecule has 0 radical (unpaired) electrons. The van der Waals surface area contributed by atoms with E-state index in [2.05, 4.69) is 15.5 Å². The molecule has 1 amide bonds. The number of nitrogens with zero attached hydrogens (tertiary/aromatic N) is 2. The predicted molar refractivity (Wildman–Crippen MR) is 77.1 cm³/mol. The number of amides is 1. The van der Waals surface area contributed by atoms with E-state index < -0.39 is 0 Å². The molecule has 0 aliphatic heterocycles. The lowest BCUT2D eigenvalue weighted by Gasteiger charge is -1.99. The van der Waals surface area contributed by atoms with Gasteiger partial charge in [-0.05, 0) is 18.1 Å². The average molecular weight is 274 g/mol. The van der Waals surface area contributed by atoms with Crippen molar-refractivity contribution in [2.45, 2.75) is 13.3 Å². The van der Waals surface area contributed by atoms with E-state index >= 15 is 0 Å². The molecule has 98 valence electrons. The number of nitrogen functional groups attached to an aromatic ring is 1. The Balaban J connectivity index is 1.88. The molecule has 1 aromatic heterocycles. The normalized spacial score (nSPS) is 10.8. The van der Waals surface area contributed by atoms with Crippen LogP contribution in [0.5, 0.6) is 0 Å². The molecular formula is C13H14N4OS. The topological polar surface area (TPSA) is 80.4 Å². The SMILES string of the molecule is Cc1ccccc1/C=N/NC(=O)Cc1csc(N)n1. The van der Waals surface area contributed by atoms with Crippen LogP contribution in [0.4, 0.5) is 5.13 Å². The molecule has 3 N–H and O–H groups in total. The van der Waals surface area contributed by atoms with Crippen LogP contribution in [0.15, 0.2) is 34.7 Å². The number of nitrogens with one attached hydrogen (secondary N) is 1. The van der Waals surface area contributed by atoms with Gasteiger partial charge in [-0.25, -0.2) is 10.4 Å². The summed E-state index contributed by atoms with van der Waals surface area (Å²) >= 11 is 1.32. The molecule has 0 aliphatic rings. The number of hydrazone groups is 1. The number of thiazole rings is 1. The fourth-order valence-corrected chi connectivity index (χ4v) is 2.08. The Hall–Kier alpha value is -2.21. The molecule has 0 bridgehead atoms. The number of nitrogens with two attached hydrogens (primary N) is 1. The summed E-state index contributed by atoms with van der Waals surface area (Å²) in [7, 11) is 0. The highest BCUT2D eigenvalue weighted by Crippen LogP contribution is 2.11. The monoisotopic (exact) mass is 274 g/mol. The van der Waals surface area contributed by atoms with Gasteiger partial charge in [0, 0.05) is 5.38 Å². The van der Waals surface area contributed by atoms with Gasteiger partial charge in [0.25, 0.3) is 0 Å². The number of benzene rings is 1. The standard InChI is InChI=1S/C13H14N4OS/c1-9-4-2-3-5-10(9)7-15-17-12(18)6-11-8-19-13(14)16-11/h2-5,7-8H,6H2,1H3,(H2,14,16)(H,17,18)/b15-7+. The van der Waals surface area contributed by atoms with Gasteiger partial charge >= 0.3 is 0 Å². The smallest absolute Gasteiger partial charge is 0.246 e. The van der Waals surface area contributed by atoms with Crippen molar-refractivity contribution in [3.05, 3.63) is 46.5 Å². The number of hydrogen-bond acceptors (Lipinski definition) is 5. The zero-order valence-electron chi connectivity index (χ0n) is 10.5. The van der Waals surface area contributed by atoms with Crippen LogP contribution >= 0.6 is 11.3 Å². The van der Waals surface area contributed by atoms with E-state index in [0.717, 1.165) is 11.1 Å². The fraction of sp³-hybridized carbons (Fsp3) is 0.154. The van der Waals surface area contributed by atoms with Crippen LogP contribution in [0.3, 0.4) is 0 Å². The predicted octanol–water partition coefficient (Wildman–Crippen LogP) is 1.73. The van der Waals surface area contributed by atoms with Gasteiger partial charge in [0.1, 0.15) is 0 Å². The van der Waals surface area contributed by atoms with Crippen LogP contribution in [0.2, 0.25) is 0 Å². The minimum atomic E-state index is -0.213. The van der Waals surface area contributed by atoms with Crippen molar-refractivity contribution in [2.75, 3.05) is 5.73 Å². The lowest BCUT2D eigenvalue weighted by atomic mass is 10.1. The summed E-state index contributed by atoms with van der Waals surface area (Å²) in [5.74, 6) is -0.213. The number of carbonyl (C=O) groups excluding carboxylic acids is 1. The molecule has 0 saturated carbocycles. The van der Waals surface area contributed by atoms with Gasteiger partial charge in [-0.3, -0.25) is 4.79 Å². The number of carbonyl (C=O) groups is 1. The van der Waals surface area contributed by atoms with Gasteiger partial charge in [0.15, 0.2) is 5.13 Å². The fourth-order valence-electron chi connectivity index (χ4n) is 1.51. The van der Waals surface area contributed by atoms with Crippen LogP contribution in [0.1, 0.15) is 16.8 Å². The van der Waals surface area contributed by atoms with Gasteiger partial charge in [-0.15, -0.1) is 11.3 Å². The van der Waals surface area contributed by atoms with E-state index in [1.165, 1.54) is 11.3 Å². The lowest BCUT2D eigenvalue weighted by Crippen LogP contribution is -2.20. The van der Waals surface area contributed by atoms with Gasteiger partial charge in [0.05, 0.1) is 18.3 Å². The Morgan fingerprint density at radius 2 is 2.32 bits per heavy atom. The number of aromatic nitrogens is 1. The van der Waals surface area contributed by atoms with Crippen LogP contribution < -0.4 is 11.2 Å². The van der Waals surface area contributed by atoms with Gasteiger partial charge in [0.2, 0.25) is 5.91 Å². The molecule has 0 spiro atoms. The summed E-state index contributed by atoms with van der Waals surface area (Å²) in [6, 6.07) is 7.81. The van der Waals surface area contributed by atoms with Crippen molar-refractivity contribution in [3.8, 4) is 0 Å². The molecule has 0 saturated heterocycles. The second kappa shape index (κ2) is 6.10. The van der Waals surface area contributed by atoms with Crippen molar-refractivity contribution in [2.24, 2.45) is 5.10 Å². The first kappa shape index (κ1) is 13.2. The Kier molecular flexibility index (Phi) is 4.25. The summed E-state index contributed by atoms with van der Waals surface area (Å²) in [6.45, 7) is 1.99. The van der Waals surface area contributed by atoms with Crippen molar-refractivity contribution in [1.29, 1.82) is 0 Å². The van der Waals surface area contributed by atoms with E-state index in [-0.39, 0.29) is 12.3 Å². The van der Waals surface area contributed by atoms with E-state index in [1.807, 2.05) is 31.2 Å². The Bertz CT molecular complexity index is 606. The van der Waals surface area contributed by atoms with E-state index in [4.69, 9.17) is 5.73 Å². The van der Waals surface area contributed by atoms with Gasteiger partial charge < -0.3 is 5.73 Å². The van der Waals surface area contributed by atoms with Crippen molar-refractivity contribution < 1.29 is 4.79 Å². The first-order valence-corrected chi connectivity index (χ1v) is 6.60. The molecule has 6 heteroatoms. The zero-order chi connectivity index (χ0) is 13.7. The molecule has 1 aromatic carbocycles. The summed E-state index contributed by atoms with van der Waals surface area (Å²) in [4.78, 5) is 15.6. The number of rotatable bonds is 4. The number of hydrogen-bond donors (Lipinski definition) is 2. The highest BCUT2D eigenvalue weighted by molar-refractivity contribution is 7.13. The highest BCUT2D eigenvalue weighted by Gasteiger charge is 2.05. The van der Waals surface area contributed by atoms with E-state index in [1.54, 1.807) is 11.6 Å². The maximum atomic E-state index is 11.6. The first-order valence-electron chi connectivity index (χ1n) is 5.72. The minimum absolute atomic E-state index is 0.179. The molecule has 0 unspecified atom stereocenters. The molecule has 0 fully saturated rings. The third-order valence-corrected chi connectivity index (χ3v) is 3.22. The van der Waals surface area contributed by atoms with E-state index in [9.17, 15) is 4.79 Å². The van der Waals surface area contributed by atoms with Crippen molar-refractivity contribution >= 4 is 28.6 Å². The Morgan fingerprint density at radius 1 is 1.53 bits per heavy atom. The molecule has 5 nitrogen and oxygen atoms in total. The van der Waals surface area contributed by atoms with Gasteiger partial charge in [-0.1, -0.05) is 24.3 Å². The zero-order valence-corrected chi connectivity index (χ0v) is 11.3. The number of anilines is 1. The summed E-state index contributed by atoms with van der Waals surface area (Å²) in [5, 5.41) is 6.15. The summed E-state index contributed by atoms with van der Waals surface area (Å²) in [5.41, 5.74) is 10.7. The highest BCUT2D eigenvalue weighted by atomic mass is 32.1. The van der Waals surface area contributed by atoms with Crippen LogP contribution in [-0.4, -0.2) is 17.1 Å².